The van der Waals surface area contributed by atoms with Crippen LogP contribution in [0.25, 0.3) is 0 Å². The molecule has 7 atom stereocenters. The van der Waals surface area contributed by atoms with Crippen LogP contribution >= 0.6 is 11.8 Å². The minimum atomic E-state index is -1.30. The van der Waals surface area contributed by atoms with Gasteiger partial charge in [0, 0.05) is 46.6 Å². The van der Waals surface area contributed by atoms with Crippen molar-refractivity contribution in [1.29, 1.82) is 5.26 Å². The van der Waals surface area contributed by atoms with Crippen molar-refractivity contribution in [3.63, 3.8) is 0 Å². The predicted octanol–water partition coefficient (Wildman–Crippen LogP) is 5.49. The number of hydrogen-bond donors (Lipinski definition) is 2. The highest BCUT2D eigenvalue weighted by Crippen LogP contribution is 2.64. The number of benzene rings is 3. The molecule has 7 aliphatic heterocycles. The Labute approximate surface area is 342 Å². The van der Waals surface area contributed by atoms with E-state index < -0.39 is 28.8 Å². The summed E-state index contributed by atoms with van der Waals surface area (Å²) in [4.78, 5) is 19.5. The third-order valence-electron chi connectivity index (χ3n) is 12.9. The molecule has 1 spiro atoms. The number of hydrogen-bond acceptors (Lipinski definition) is 14. The molecule has 7 heterocycles. The Morgan fingerprint density at radius 3 is 2.50 bits per heavy atom. The summed E-state index contributed by atoms with van der Waals surface area (Å²) in [5, 5.41) is 25.3. The smallest absolute Gasteiger partial charge is 0.331 e. The van der Waals surface area contributed by atoms with E-state index in [1.807, 2.05) is 13.8 Å². The van der Waals surface area contributed by atoms with Gasteiger partial charge in [-0.25, -0.2) is 4.79 Å². The van der Waals surface area contributed by atoms with Crippen LogP contribution in [-0.4, -0.2) is 99.2 Å². The van der Waals surface area contributed by atoms with E-state index in [1.165, 1.54) is 7.11 Å². The zero-order valence-corrected chi connectivity index (χ0v) is 34.2. The maximum Gasteiger partial charge on any atom is 0.331 e. The number of nitrogens with one attached hydrogen (secondary N) is 1. The van der Waals surface area contributed by atoms with Gasteiger partial charge in [0.05, 0.1) is 37.6 Å². The lowest BCUT2D eigenvalue weighted by Crippen LogP contribution is -2.69. The van der Waals surface area contributed by atoms with Gasteiger partial charge in [0.1, 0.15) is 31.6 Å². The molecule has 0 saturated carbocycles. The van der Waals surface area contributed by atoms with E-state index in [0.29, 0.717) is 53.7 Å². The average Bonchev–Trinajstić information content (AvgIpc) is 3.71. The molecule has 3 aromatic rings. The van der Waals surface area contributed by atoms with Gasteiger partial charge in [0.25, 0.3) is 0 Å². The van der Waals surface area contributed by atoms with Gasteiger partial charge < -0.3 is 38.3 Å². The molecule has 0 aromatic heterocycles. The van der Waals surface area contributed by atoms with Crippen molar-refractivity contribution in [2.75, 3.05) is 60.2 Å². The fraction of sp³-hybridized carbons (Fsp3) is 0.455. The number of esters is 1. The lowest BCUT2D eigenvalue weighted by atomic mass is 9.71. The molecule has 4 bridgehead atoms. The van der Waals surface area contributed by atoms with E-state index in [4.69, 9.17) is 33.2 Å². The number of rotatable bonds is 8. The van der Waals surface area contributed by atoms with Gasteiger partial charge in [0.15, 0.2) is 40.0 Å². The first-order chi connectivity index (χ1) is 28.1. The normalized spacial score (nSPS) is 27.9. The standard InChI is InChI=1S/C44H48N4O9S/c1-8-12-53-38-23(4)39-41(57-21-56-39)33-29-19-55-43(50)44(26-17-31(51-6)30(49)16-24(26)10-11-46-44)20-58-42(34(33)38)36-35-32-25(15-27(47(35)5)28(18-45)48(29)36)14-22(3)37(52-7)40(32)54-13-9-2/h8-9,14,16-17,27-29,35-36,42,46,49H,1-2,10-13,15,19-21H2,3-7H3/t27-,28-,29-,35+,36?,42+,44+/m0/s1. The zero-order chi connectivity index (χ0) is 40.6. The highest BCUT2D eigenvalue weighted by atomic mass is 32.2. The summed E-state index contributed by atoms with van der Waals surface area (Å²) in [6.07, 6.45) is 4.64. The van der Waals surface area contributed by atoms with Gasteiger partial charge in [-0.3, -0.25) is 15.1 Å². The fourth-order valence-electron chi connectivity index (χ4n) is 10.5. The van der Waals surface area contributed by atoms with Crippen LogP contribution in [0, 0.1) is 25.2 Å². The molecule has 0 aliphatic carbocycles. The summed E-state index contributed by atoms with van der Waals surface area (Å²) < 4.78 is 43.9. The highest BCUT2D eigenvalue weighted by Gasteiger charge is 2.62. The average molecular weight is 809 g/mol. The summed E-state index contributed by atoms with van der Waals surface area (Å²) in [6, 6.07) is 6.20. The molecule has 0 radical (unpaired) electrons. The number of phenolic OH excluding ortho intramolecular Hbond substituents is 1. The first-order valence-corrected chi connectivity index (χ1v) is 20.7. The minimum Gasteiger partial charge on any atom is -0.504 e. The van der Waals surface area contributed by atoms with Crippen LogP contribution in [0.3, 0.4) is 0 Å². The number of piperazine rings is 1. The number of carbonyl (C=O) groups excluding carboxylic acids is 1. The summed E-state index contributed by atoms with van der Waals surface area (Å²) >= 11 is 1.61. The van der Waals surface area contributed by atoms with Crippen LogP contribution in [0.4, 0.5) is 0 Å². The molecule has 1 unspecified atom stereocenters. The van der Waals surface area contributed by atoms with Crippen LogP contribution in [-0.2, 0) is 27.9 Å². The van der Waals surface area contributed by atoms with Crippen LogP contribution in [0.15, 0.2) is 43.5 Å². The summed E-state index contributed by atoms with van der Waals surface area (Å²) in [6.45, 7) is 12.8. The predicted molar refractivity (Wildman–Crippen MR) is 216 cm³/mol. The van der Waals surface area contributed by atoms with Crippen molar-refractivity contribution < 1.29 is 43.1 Å². The van der Waals surface area contributed by atoms with Crippen LogP contribution in [0.2, 0.25) is 0 Å². The summed E-state index contributed by atoms with van der Waals surface area (Å²) in [7, 11) is 5.25. The van der Waals surface area contributed by atoms with Gasteiger partial charge >= 0.3 is 5.97 Å². The van der Waals surface area contributed by atoms with E-state index in [2.05, 4.69) is 47.5 Å². The number of nitrogens with zero attached hydrogens (tertiary/aromatic N) is 3. The third-order valence-corrected chi connectivity index (χ3v) is 14.3. The second kappa shape index (κ2) is 14.6. The molecule has 58 heavy (non-hydrogen) atoms. The van der Waals surface area contributed by atoms with E-state index in [-0.39, 0.29) is 62.0 Å². The molecule has 2 saturated heterocycles. The van der Waals surface area contributed by atoms with Crippen LogP contribution in [0.5, 0.6) is 40.2 Å². The molecule has 14 heteroatoms. The second-order valence-electron chi connectivity index (χ2n) is 15.7. The minimum absolute atomic E-state index is 0.0109. The van der Waals surface area contributed by atoms with Crippen molar-refractivity contribution in [3.8, 4) is 46.3 Å². The number of aryl methyl sites for hydroxylation is 1. The maximum atomic E-state index is 14.9. The Bertz CT molecular complexity index is 2280. The Morgan fingerprint density at radius 2 is 1.78 bits per heavy atom. The SMILES string of the molecule is C=CCOc1c(C)c2c(c3c1[C@H]1SC[C@]4(NCCc5cc(O)c(OC)cc54)C(=O)OC[C@@H]3N3C1[C@H]1c4c(cc(C)c(OC)c4OCC=C)C[C@@H]([C@@H]3C#N)N1C)OCO2. The number of likely N-dealkylation sites (N-methyl/N-ethyl adjacent to an activating group) is 1. The van der Waals surface area contributed by atoms with Crippen molar-refractivity contribution in [3.05, 3.63) is 88.0 Å². The molecule has 2 N–H and O–H groups in total. The van der Waals surface area contributed by atoms with E-state index >= 15 is 0 Å². The molecule has 3 aromatic carbocycles. The number of ether oxygens (including phenoxy) is 7. The van der Waals surface area contributed by atoms with Gasteiger partial charge in [0.2, 0.25) is 6.79 Å². The first kappa shape index (κ1) is 38.4. The van der Waals surface area contributed by atoms with Crippen LogP contribution in [0.1, 0.15) is 61.8 Å². The van der Waals surface area contributed by atoms with Gasteiger partial charge in [-0.1, -0.05) is 31.4 Å². The molecule has 2 fully saturated rings. The first-order valence-electron chi connectivity index (χ1n) is 19.6. The summed E-state index contributed by atoms with van der Waals surface area (Å²) in [5.74, 6) is 3.19. The van der Waals surface area contributed by atoms with Crippen LogP contribution < -0.4 is 33.7 Å². The third kappa shape index (κ3) is 5.43. The lowest BCUT2D eigenvalue weighted by molar-refractivity contribution is -0.157. The number of fused-ring (bicyclic) bond motifs is 9. The molecule has 7 aliphatic rings. The van der Waals surface area contributed by atoms with E-state index in [1.54, 1.807) is 43.2 Å². The Kier molecular flexibility index (Phi) is 9.70. The second-order valence-corrected chi connectivity index (χ2v) is 16.8. The number of nitriles is 1. The Balaban J connectivity index is 1.33. The zero-order valence-electron chi connectivity index (χ0n) is 33.4. The maximum absolute atomic E-state index is 14.9. The largest absolute Gasteiger partial charge is 0.504 e. The number of methoxy groups -OCH3 is 2. The Hall–Kier alpha value is -5.07. The summed E-state index contributed by atoms with van der Waals surface area (Å²) in [5.41, 5.74) is 5.79. The molecular formula is C44H48N4O9S. The van der Waals surface area contributed by atoms with E-state index in [9.17, 15) is 15.2 Å². The Morgan fingerprint density at radius 1 is 1.02 bits per heavy atom. The number of thioether (sulfide) groups is 1. The number of phenols is 1. The van der Waals surface area contributed by atoms with Gasteiger partial charge in [-0.05, 0) is 68.1 Å². The quantitative estimate of drug-likeness (QED) is 0.219. The van der Waals surface area contributed by atoms with Crippen molar-refractivity contribution in [2.24, 2.45) is 0 Å². The molecule has 10 rings (SSSR count). The topological polar surface area (TPSA) is 144 Å². The highest BCUT2D eigenvalue weighted by molar-refractivity contribution is 7.99. The lowest BCUT2D eigenvalue weighted by Gasteiger charge is -2.62. The molecule has 13 nitrogen and oxygen atoms in total. The van der Waals surface area contributed by atoms with Gasteiger partial charge in [-0.15, -0.1) is 11.8 Å². The van der Waals surface area contributed by atoms with E-state index in [0.717, 1.165) is 38.9 Å². The molecular weight excluding hydrogens is 761 g/mol. The monoisotopic (exact) mass is 808 g/mol. The number of carbonyl (C=O) groups is 1. The van der Waals surface area contributed by atoms with Crippen molar-refractivity contribution >= 4 is 17.7 Å². The number of aromatic hydroxyl groups is 1. The molecule has 0 amide bonds. The molecule has 304 valence electrons. The van der Waals surface area contributed by atoms with Crippen molar-refractivity contribution in [1.82, 2.24) is 15.1 Å². The van der Waals surface area contributed by atoms with Gasteiger partial charge in [-0.2, -0.15) is 5.26 Å². The van der Waals surface area contributed by atoms with Crippen molar-refractivity contribution in [2.45, 2.75) is 67.7 Å². The fourth-order valence-corrected chi connectivity index (χ4v) is 12.2.